The fourth-order valence-electron chi connectivity index (χ4n) is 3.82. The van der Waals surface area contributed by atoms with E-state index in [1.54, 1.807) is 4.57 Å². The van der Waals surface area contributed by atoms with Crippen molar-refractivity contribution in [1.29, 1.82) is 0 Å². The minimum Gasteiger partial charge on any atom is -0.463 e. The molecular weight excluding hydrogens is 458 g/mol. The van der Waals surface area contributed by atoms with Crippen LogP contribution in [0, 0.1) is 6.92 Å². The molecule has 0 radical (unpaired) electrons. The molecule has 4 rings (SSSR count). The zero-order valence-electron chi connectivity index (χ0n) is 19.6. The van der Waals surface area contributed by atoms with E-state index in [-0.39, 0.29) is 6.61 Å². The average molecular weight is 483 g/mol. The van der Waals surface area contributed by atoms with Crippen LogP contribution < -0.4 is 5.32 Å². The second-order valence-electron chi connectivity index (χ2n) is 8.05. The number of hydrogen-bond acceptors (Lipinski definition) is 11. The lowest BCUT2D eigenvalue weighted by molar-refractivity contribution is -0.166. The second kappa shape index (κ2) is 10.1. The highest BCUT2D eigenvalue weighted by molar-refractivity contribution is 5.85. The summed E-state index contributed by atoms with van der Waals surface area (Å²) in [4.78, 5) is 48.1. The number of nitrogens with one attached hydrogen (secondary N) is 1. The topological polar surface area (TPSA) is 144 Å². The molecule has 3 aromatic rings. The van der Waals surface area contributed by atoms with Crippen molar-refractivity contribution in [2.75, 3.05) is 11.9 Å². The maximum absolute atomic E-state index is 11.9. The zero-order chi connectivity index (χ0) is 25.1. The fraction of sp³-hybridized carbons (Fsp3) is 0.391. The number of aromatic nitrogens is 4. The Morgan fingerprint density at radius 1 is 0.971 bits per heavy atom. The van der Waals surface area contributed by atoms with Gasteiger partial charge in [-0.1, -0.05) is 17.7 Å². The first-order valence-corrected chi connectivity index (χ1v) is 10.9. The smallest absolute Gasteiger partial charge is 0.303 e. The predicted octanol–water partition coefficient (Wildman–Crippen LogP) is 2.20. The first-order valence-electron chi connectivity index (χ1n) is 10.9. The van der Waals surface area contributed by atoms with Crippen molar-refractivity contribution < 1.29 is 33.3 Å². The summed E-state index contributed by atoms with van der Waals surface area (Å²) in [5.74, 6) is -1.27. The Kier molecular flexibility index (Phi) is 6.92. The first kappa shape index (κ1) is 24.1. The van der Waals surface area contributed by atoms with Crippen LogP contribution in [0.4, 0.5) is 11.5 Å². The quantitative estimate of drug-likeness (QED) is 0.390. The van der Waals surface area contributed by atoms with E-state index >= 15 is 0 Å². The Morgan fingerprint density at radius 2 is 1.66 bits per heavy atom. The Bertz CT molecular complexity index is 1240. The summed E-state index contributed by atoms with van der Waals surface area (Å²) in [6, 6.07) is 7.77. The maximum Gasteiger partial charge on any atom is 0.303 e. The Morgan fingerprint density at radius 3 is 2.31 bits per heavy atom. The number of imidazole rings is 1. The number of nitrogens with zero attached hydrogens (tertiary/aromatic N) is 4. The molecule has 0 spiro atoms. The summed E-state index contributed by atoms with van der Waals surface area (Å²) in [6.07, 6.45) is -1.08. The lowest BCUT2D eigenvalue weighted by atomic mass is 10.1. The van der Waals surface area contributed by atoms with Crippen molar-refractivity contribution in [3.8, 4) is 0 Å². The highest BCUT2D eigenvalue weighted by Crippen LogP contribution is 2.36. The third-order valence-corrected chi connectivity index (χ3v) is 5.29. The van der Waals surface area contributed by atoms with E-state index in [2.05, 4.69) is 20.3 Å². The number of ether oxygens (including phenoxy) is 4. The summed E-state index contributed by atoms with van der Waals surface area (Å²) in [6.45, 7) is 5.50. The van der Waals surface area contributed by atoms with Crippen molar-refractivity contribution in [2.45, 2.75) is 52.2 Å². The maximum atomic E-state index is 11.9. The fourth-order valence-corrected chi connectivity index (χ4v) is 3.82. The number of anilines is 2. The van der Waals surface area contributed by atoms with Crippen molar-refractivity contribution in [3.05, 3.63) is 42.5 Å². The van der Waals surface area contributed by atoms with E-state index in [0.717, 1.165) is 11.3 Å². The molecule has 35 heavy (non-hydrogen) atoms. The number of aryl methyl sites for hydroxylation is 1. The third kappa shape index (κ3) is 5.38. The molecule has 2 aromatic heterocycles. The number of benzene rings is 1. The normalized spacial score (nSPS) is 21.5. The molecule has 0 aliphatic carbocycles. The van der Waals surface area contributed by atoms with Gasteiger partial charge in [0, 0.05) is 26.5 Å². The molecule has 0 amide bonds. The first-order chi connectivity index (χ1) is 16.7. The van der Waals surface area contributed by atoms with Gasteiger partial charge in [0.15, 0.2) is 35.4 Å². The van der Waals surface area contributed by atoms with Crippen LogP contribution in [0.3, 0.4) is 0 Å². The van der Waals surface area contributed by atoms with E-state index in [1.165, 1.54) is 33.4 Å². The van der Waals surface area contributed by atoms with Crippen LogP contribution in [0.2, 0.25) is 0 Å². The minimum atomic E-state index is -1.04. The van der Waals surface area contributed by atoms with Gasteiger partial charge in [0.1, 0.15) is 19.0 Å². The molecule has 1 aliphatic heterocycles. The molecule has 1 N–H and O–H groups in total. The molecule has 3 heterocycles. The van der Waals surface area contributed by atoms with Gasteiger partial charge in [-0.3, -0.25) is 19.0 Å². The summed E-state index contributed by atoms with van der Waals surface area (Å²) >= 11 is 0. The molecule has 4 atom stereocenters. The van der Waals surface area contributed by atoms with Crippen molar-refractivity contribution in [1.82, 2.24) is 19.5 Å². The second-order valence-corrected chi connectivity index (χ2v) is 8.05. The van der Waals surface area contributed by atoms with Crippen LogP contribution in [0.5, 0.6) is 0 Å². The summed E-state index contributed by atoms with van der Waals surface area (Å²) in [5.41, 5.74) is 2.78. The number of fused-ring (bicyclic) bond motifs is 1. The largest absolute Gasteiger partial charge is 0.463 e. The molecular formula is C23H25N5O7. The standard InChI is InChI=1S/C23H25N5O7/c1-12-5-7-16(8-6-12)27-21-18-22(25-10-24-21)28(11-26-18)23-20(34-15(4)31)19(33-14(3)30)17(35-23)9-32-13(2)29/h5-8,10-11,17,19-20,23H,9H2,1-4H3,(H,24,25,27)/t17-,19-,20-,23-/m1/s1. The van der Waals surface area contributed by atoms with Crippen LogP contribution in [-0.4, -0.2) is 62.3 Å². The molecule has 0 unspecified atom stereocenters. The van der Waals surface area contributed by atoms with Crippen LogP contribution in [0.25, 0.3) is 11.2 Å². The zero-order valence-corrected chi connectivity index (χ0v) is 19.6. The van der Waals surface area contributed by atoms with Gasteiger partial charge < -0.3 is 24.3 Å². The lowest BCUT2D eigenvalue weighted by Crippen LogP contribution is -2.40. The van der Waals surface area contributed by atoms with E-state index in [1.807, 2.05) is 31.2 Å². The van der Waals surface area contributed by atoms with E-state index < -0.39 is 42.4 Å². The number of hydrogen-bond donors (Lipinski definition) is 1. The van der Waals surface area contributed by atoms with Crippen LogP contribution in [-0.2, 0) is 33.3 Å². The summed E-state index contributed by atoms with van der Waals surface area (Å²) in [5, 5.41) is 3.22. The average Bonchev–Trinajstić information content (AvgIpc) is 3.36. The monoisotopic (exact) mass is 483 g/mol. The molecule has 0 saturated carbocycles. The van der Waals surface area contributed by atoms with Crippen molar-refractivity contribution in [2.24, 2.45) is 0 Å². The van der Waals surface area contributed by atoms with Crippen LogP contribution in [0.1, 0.15) is 32.6 Å². The van der Waals surface area contributed by atoms with Crippen LogP contribution >= 0.6 is 0 Å². The molecule has 184 valence electrons. The van der Waals surface area contributed by atoms with Crippen molar-refractivity contribution in [3.63, 3.8) is 0 Å². The van der Waals surface area contributed by atoms with Gasteiger partial charge in [0.2, 0.25) is 0 Å². The van der Waals surface area contributed by atoms with Gasteiger partial charge in [-0.05, 0) is 19.1 Å². The molecule has 1 saturated heterocycles. The van der Waals surface area contributed by atoms with E-state index in [9.17, 15) is 14.4 Å². The molecule has 12 heteroatoms. The van der Waals surface area contributed by atoms with E-state index in [0.29, 0.717) is 17.0 Å². The Labute approximate surface area is 200 Å². The third-order valence-electron chi connectivity index (χ3n) is 5.29. The molecule has 1 aliphatic rings. The van der Waals surface area contributed by atoms with Gasteiger partial charge in [-0.25, -0.2) is 15.0 Å². The Balaban J connectivity index is 1.70. The van der Waals surface area contributed by atoms with Crippen LogP contribution in [0.15, 0.2) is 36.9 Å². The van der Waals surface area contributed by atoms with Gasteiger partial charge >= 0.3 is 17.9 Å². The summed E-state index contributed by atoms with van der Waals surface area (Å²) in [7, 11) is 0. The molecule has 12 nitrogen and oxygen atoms in total. The van der Waals surface area contributed by atoms with Crippen molar-refractivity contribution >= 4 is 40.6 Å². The lowest BCUT2D eigenvalue weighted by Gasteiger charge is -2.23. The number of carbonyl (C=O) groups excluding carboxylic acids is 3. The number of esters is 3. The van der Waals surface area contributed by atoms with Gasteiger partial charge in [-0.15, -0.1) is 0 Å². The van der Waals surface area contributed by atoms with Gasteiger partial charge in [0.05, 0.1) is 6.33 Å². The molecule has 0 bridgehead atoms. The Hall–Kier alpha value is -4.06. The minimum absolute atomic E-state index is 0.205. The SMILES string of the molecule is CC(=O)OC[C@H]1O[C@@H](n2cnc3c(Nc4ccc(C)cc4)ncnc32)[C@H](OC(C)=O)[C@@H]1OC(C)=O. The van der Waals surface area contributed by atoms with E-state index in [4.69, 9.17) is 18.9 Å². The molecule has 1 aromatic carbocycles. The highest BCUT2D eigenvalue weighted by atomic mass is 16.7. The van der Waals surface area contributed by atoms with Gasteiger partial charge in [-0.2, -0.15) is 0 Å². The van der Waals surface area contributed by atoms with Gasteiger partial charge in [0.25, 0.3) is 0 Å². The molecule has 1 fully saturated rings. The predicted molar refractivity (Wildman–Crippen MR) is 121 cm³/mol. The summed E-state index contributed by atoms with van der Waals surface area (Å²) < 4.78 is 23.6. The highest BCUT2D eigenvalue weighted by Gasteiger charge is 2.51. The number of carbonyl (C=O) groups is 3. The number of rotatable bonds is 7.